The van der Waals surface area contributed by atoms with E-state index >= 15 is 0 Å². The highest BCUT2D eigenvalue weighted by Crippen LogP contribution is 2.27. The zero-order valence-electron chi connectivity index (χ0n) is 15.7. The lowest BCUT2D eigenvalue weighted by molar-refractivity contribution is -0.152. The number of thiophene rings is 1. The molecule has 0 saturated carbocycles. The Bertz CT molecular complexity index is 1070. The number of nitrogens with two attached hydrogens (primary N) is 1. The zero-order valence-corrected chi connectivity index (χ0v) is 16.5. The molecule has 0 aliphatic rings. The molecular weight excluding hydrogens is 380 g/mol. The summed E-state index contributed by atoms with van der Waals surface area (Å²) in [6.45, 7) is 5.41. The number of rotatable bonds is 6. The predicted octanol–water partition coefficient (Wildman–Crippen LogP) is 3.32. The van der Waals surface area contributed by atoms with E-state index in [1.54, 1.807) is 5.38 Å². The molecule has 0 radical (unpaired) electrons. The van der Waals surface area contributed by atoms with Gasteiger partial charge >= 0.3 is 5.97 Å². The highest BCUT2D eigenvalue weighted by Gasteiger charge is 2.22. The van der Waals surface area contributed by atoms with Crippen LogP contribution in [0, 0.1) is 13.8 Å². The number of fused-ring (bicyclic) bond motifs is 1. The number of hydrogen-bond donors (Lipinski definition) is 2. The highest BCUT2D eigenvalue weighted by atomic mass is 32.1. The van der Waals surface area contributed by atoms with Gasteiger partial charge < -0.3 is 20.2 Å². The summed E-state index contributed by atoms with van der Waals surface area (Å²) in [7, 11) is 0. The molecule has 2 aromatic heterocycles. The third-order valence-electron chi connectivity index (χ3n) is 4.52. The van der Waals surface area contributed by atoms with E-state index in [4.69, 9.17) is 14.9 Å². The minimum atomic E-state index is -1.03. The Morgan fingerprint density at radius 2 is 2.00 bits per heavy atom. The molecule has 0 unspecified atom stereocenters. The summed E-state index contributed by atoms with van der Waals surface area (Å²) in [4.78, 5) is 35.9. The molecule has 2 heterocycles. The van der Waals surface area contributed by atoms with Crippen LogP contribution in [-0.4, -0.2) is 23.9 Å². The van der Waals surface area contributed by atoms with Gasteiger partial charge in [0.05, 0.1) is 18.2 Å². The molecule has 0 bridgehead atoms. The number of primary amides is 1. The number of esters is 1. The van der Waals surface area contributed by atoms with Crippen molar-refractivity contribution in [3.8, 4) is 0 Å². The summed E-state index contributed by atoms with van der Waals surface area (Å²) in [5, 5.41) is 5.38. The van der Waals surface area contributed by atoms with E-state index in [2.05, 4.69) is 5.32 Å². The molecule has 28 heavy (non-hydrogen) atoms. The molecule has 3 aromatic rings. The first-order valence-electron chi connectivity index (χ1n) is 8.62. The fourth-order valence-corrected chi connectivity index (χ4v) is 3.58. The second-order valence-corrected chi connectivity index (χ2v) is 7.39. The monoisotopic (exact) mass is 400 g/mol. The Labute approximate surface area is 165 Å². The van der Waals surface area contributed by atoms with Crippen molar-refractivity contribution in [1.82, 2.24) is 0 Å². The van der Waals surface area contributed by atoms with Crippen molar-refractivity contribution in [3.63, 3.8) is 0 Å². The number of aryl methyl sites for hydroxylation is 2. The Morgan fingerprint density at radius 1 is 1.25 bits per heavy atom. The molecule has 7 nitrogen and oxygen atoms in total. The number of carbonyl (C=O) groups is 3. The fourth-order valence-electron chi connectivity index (χ4n) is 2.79. The lowest BCUT2D eigenvalue weighted by Gasteiger charge is -2.13. The van der Waals surface area contributed by atoms with Crippen LogP contribution in [0.15, 0.2) is 34.3 Å². The van der Waals surface area contributed by atoms with Gasteiger partial charge in [0.15, 0.2) is 6.10 Å². The fraction of sp³-hybridized carbons (Fsp3) is 0.250. The summed E-state index contributed by atoms with van der Waals surface area (Å²) < 4.78 is 10.8. The molecule has 0 spiro atoms. The van der Waals surface area contributed by atoms with E-state index in [-0.39, 0.29) is 12.0 Å². The average molecular weight is 400 g/mol. The molecule has 146 valence electrons. The quantitative estimate of drug-likeness (QED) is 0.617. The normalized spacial score (nSPS) is 12.0. The minimum absolute atomic E-state index is 0.0152. The lowest BCUT2D eigenvalue weighted by Crippen LogP contribution is -2.30. The smallest absolute Gasteiger partial charge is 0.311 e. The largest absolute Gasteiger partial charge is 0.464 e. The van der Waals surface area contributed by atoms with Crippen LogP contribution in [0.3, 0.4) is 0 Å². The average Bonchev–Trinajstić information content (AvgIpc) is 3.25. The highest BCUT2D eigenvalue weighted by molar-refractivity contribution is 7.14. The first-order chi connectivity index (χ1) is 13.3. The van der Waals surface area contributed by atoms with Crippen LogP contribution in [-0.2, 0) is 20.7 Å². The van der Waals surface area contributed by atoms with Gasteiger partial charge in [0.1, 0.15) is 10.6 Å². The van der Waals surface area contributed by atoms with Crippen molar-refractivity contribution < 1.29 is 23.5 Å². The maximum atomic E-state index is 12.3. The summed E-state index contributed by atoms with van der Waals surface area (Å²) >= 11 is 1.16. The van der Waals surface area contributed by atoms with E-state index in [9.17, 15) is 14.4 Å². The van der Waals surface area contributed by atoms with E-state index in [0.29, 0.717) is 10.6 Å². The second-order valence-electron chi connectivity index (χ2n) is 6.47. The number of ether oxygens (including phenoxy) is 1. The van der Waals surface area contributed by atoms with Gasteiger partial charge in [-0.25, -0.2) is 0 Å². The Hall–Kier alpha value is -3.13. The molecule has 8 heteroatoms. The van der Waals surface area contributed by atoms with Gasteiger partial charge in [-0.05, 0) is 43.3 Å². The zero-order chi connectivity index (χ0) is 20.4. The first kappa shape index (κ1) is 19.6. The maximum Gasteiger partial charge on any atom is 0.311 e. The molecule has 1 atom stereocenters. The van der Waals surface area contributed by atoms with E-state index < -0.39 is 23.9 Å². The van der Waals surface area contributed by atoms with Gasteiger partial charge in [-0.3, -0.25) is 14.4 Å². The van der Waals surface area contributed by atoms with Crippen molar-refractivity contribution in [2.75, 3.05) is 5.32 Å². The predicted molar refractivity (Wildman–Crippen MR) is 106 cm³/mol. The number of carbonyl (C=O) groups excluding carboxylic acids is 3. The SMILES string of the molecule is Cc1ccc2c(CC(=O)O[C@H](C)C(=O)Nc3sccc3C(N)=O)coc2c1C. The van der Waals surface area contributed by atoms with Crippen molar-refractivity contribution in [2.45, 2.75) is 33.3 Å². The van der Waals surface area contributed by atoms with Crippen molar-refractivity contribution in [3.05, 3.63) is 52.1 Å². The standard InChI is InChI=1S/C20H20N2O5S/c1-10-4-5-14-13(9-26-17(14)11(10)2)8-16(23)27-12(3)19(25)22-20-15(18(21)24)6-7-28-20/h4-7,9,12H,8H2,1-3H3,(H2,21,24)(H,22,25)/t12-/m1/s1. The molecule has 3 N–H and O–H groups in total. The van der Waals surface area contributed by atoms with Gasteiger partial charge in [-0.15, -0.1) is 11.3 Å². The van der Waals surface area contributed by atoms with Crippen LogP contribution in [0.5, 0.6) is 0 Å². The molecule has 0 aliphatic carbocycles. The molecule has 0 aliphatic heterocycles. The molecule has 3 rings (SSSR count). The third-order valence-corrected chi connectivity index (χ3v) is 5.35. The summed E-state index contributed by atoms with van der Waals surface area (Å²) in [6.07, 6.45) is 0.490. The van der Waals surface area contributed by atoms with E-state index in [0.717, 1.165) is 33.4 Å². The molecule has 2 amide bonds. The minimum Gasteiger partial charge on any atom is -0.464 e. The van der Waals surface area contributed by atoms with Crippen LogP contribution < -0.4 is 11.1 Å². The van der Waals surface area contributed by atoms with Gasteiger partial charge in [0.2, 0.25) is 0 Å². The van der Waals surface area contributed by atoms with Crippen LogP contribution in [0.25, 0.3) is 11.0 Å². The second kappa shape index (κ2) is 7.85. The molecule has 1 aromatic carbocycles. The summed E-state index contributed by atoms with van der Waals surface area (Å²) in [5.41, 5.74) is 9.03. The lowest BCUT2D eigenvalue weighted by atomic mass is 10.0. The van der Waals surface area contributed by atoms with Crippen LogP contribution in [0.2, 0.25) is 0 Å². The van der Waals surface area contributed by atoms with Crippen molar-refractivity contribution in [1.29, 1.82) is 0 Å². The topological polar surface area (TPSA) is 112 Å². The number of hydrogen-bond acceptors (Lipinski definition) is 6. The van der Waals surface area contributed by atoms with E-state index in [1.165, 1.54) is 19.3 Å². The molecule has 0 saturated heterocycles. The maximum absolute atomic E-state index is 12.3. The number of amides is 2. The van der Waals surface area contributed by atoms with Crippen molar-refractivity contribution in [2.24, 2.45) is 5.73 Å². The Balaban J connectivity index is 1.64. The Morgan fingerprint density at radius 3 is 2.71 bits per heavy atom. The van der Waals surface area contributed by atoms with Crippen LogP contribution in [0.1, 0.15) is 34.0 Å². The number of nitrogens with one attached hydrogen (secondary N) is 1. The first-order valence-corrected chi connectivity index (χ1v) is 9.49. The van der Waals surface area contributed by atoms with Crippen LogP contribution >= 0.6 is 11.3 Å². The summed E-state index contributed by atoms with van der Waals surface area (Å²) in [6, 6.07) is 5.39. The molecular formula is C20H20N2O5S. The molecule has 0 fully saturated rings. The summed E-state index contributed by atoms with van der Waals surface area (Å²) in [5.74, 6) is -1.73. The van der Waals surface area contributed by atoms with Gasteiger partial charge in [0.25, 0.3) is 11.8 Å². The number of benzene rings is 1. The Kier molecular flexibility index (Phi) is 5.51. The van der Waals surface area contributed by atoms with Gasteiger partial charge in [-0.1, -0.05) is 12.1 Å². The van der Waals surface area contributed by atoms with Gasteiger partial charge in [0, 0.05) is 10.9 Å². The number of anilines is 1. The van der Waals surface area contributed by atoms with E-state index in [1.807, 2.05) is 26.0 Å². The van der Waals surface area contributed by atoms with Crippen LogP contribution in [0.4, 0.5) is 5.00 Å². The number of furan rings is 1. The third kappa shape index (κ3) is 3.91. The van der Waals surface area contributed by atoms with Crippen molar-refractivity contribution >= 4 is 45.1 Å². The van der Waals surface area contributed by atoms with Gasteiger partial charge in [-0.2, -0.15) is 0 Å².